The number of nitrogens with zero attached hydrogens (tertiary/aromatic N) is 2. The lowest BCUT2D eigenvalue weighted by atomic mass is 9.97. The summed E-state index contributed by atoms with van der Waals surface area (Å²) in [6, 6.07) is 17.4. The summed E-state index contributed by atoms with van der Waals surface area (Å²) in [5, 5.41) is 11.2. The van der Waals surface area contributed by atoms with Crippen LogP contribution < -0.4 is 4.90 Å². The van der Waals surface area contributed by atoms with Crippen molar-refractivity contribution in [3.63, 3.8) is 0 Å². The quantitative estimate of drug-likeness (QED) is 0.280. The highest BCUT2D eigenvalue weighted by Crippen LogP contribution is 2.41. The number of anilines is 1. The van der Waals surface area contributed by atoms with Gasteiger partial charge >= 0.3 is 0 Å². The number of carbonyl (C=O) groups excluding carboxylic acids is 2. The molecule has 0 bridgehead atoms. The van der Waals surface area contributed by atoms with Crippen LogP contribution in [0.25, 0.3) is 5.76 Å². The van der Waals surface area contributed by atoms with Gasteiger partial charge < -0.3 is 5.11 Å². The number of aromatic nitrogens is 1. The SMILES string of the molecule is Cc1cc(/C(O)=C2/C(=O)C(=O)N(c3ccc(C(C)C)cc3)C2c2ccccn2)ccc1Br. The third-order valence-electron chi connectivity index (χ3n) is 5.68. The highest BCUT2D eigenvalue weighted by molar-refractivity contribution is 9.10. The number of benzene rings is 2. The molecule has 162 valence electrons. The molecule has 1 N–H and O–H groups in total. The van der Waals surface area contributed by atoms with Crippen LogP contribution in [0.2, 0.25) is 0 Å². The normalized spacial score (nSPS) is 17.9. The first-order valence-electron chi connectivity index (χ1n) is 10.4. The number of halogens is 1. The molecule has 0 radical (unpaired) electrons. The van der Waals surface area contributed by atoms with Gasteiger partial charge in [-0.25, -0.2) is 0 Å². The summed E-state index contributed by atoms with van der Waals surface area (Å²) in [6.45, 7) is 6.08. The Labute approximate surface area is 195 Å². The molecule has 1 atom stereocenters. The summed E-state index contributed by atoms with van der Waals surface area (Å²) in [5.74, 6) is -1.29. The number of aliphatic hydroxyl groups is 1. The number of amides is 1. The Morgan fingerprint density at radius 1 is 1.06 bits per heavy atom. The number of ketones is 1. The Kier molecular flexibility index (Phi) is 5.98. The predicted molar refractivity (Wildman–Crippen MR) is 128 cm³/mol. The Balaban J connectivity index is 1.90. The monoisotopic (exact) mass is 490 g/mol. The molecule has 0 aliphatic carbocycles. The average Bonchev–Trinajstić information content (AvgIpc) is 3.06. The molecule has 2 heterocycles. The van der Waals surface area contributed by atoms with Crippen LogP contribution in [-0.2, 0) is 9.59 Å². The largest absolute Gasteiger partial charge is 0.507 e. The minimum atomic E-state index is -0.829. The van der Waals surface area contributed by atoms with Gasteiger partial charge in [-0.05, 0) is 60.4 Å². The Bertz CT molecular complexity index is 1220. The lowest BCUT2D eigenvalue weighted by molar-refractivity contribution is -0.132. The molecule has 1 aliphatic heterocycles. The standard InChI is InChI=1S/C26H23BrN2O3/c1-15(2)17-7-10-19(11-8-17)29-23(21-6-4-5-13-28-21)22(25(31)26(29)32)24(30)18-9-12-20(27)16(3)14-18/h4-15,23,30H,1-3H3/b24-22-. The zero-order valence-electron chi connectivity index (χ0n) is 18.0. The van der Waals surface area contributed by atoms with Crippen molar-refractivity contribution in [2.75, 3.05) is 4.90 Å². The first-order valence-corrected chi connectivity index (χ1v) is 11.2. The molecule has 0 saturated carbocycles. The fourth-order valence-electron chi connectivity index (χ4n) is 3.88. The fraction of sp³-hybridized carbons (Fsp3) is 0.192. The van der Waals surface area contributed by atoms with E-state index in [0.29, 0.717) is 22.9 Å². The minimum absolute atomic E-state index is 0.0309. The van der Waals surface area contributed by atoms with Crippen molar-refractivity contribution < 1.29 is 14.7 Å². The zero-order valence-corrected chi connectivity index (χ0v) is 19.6. The molecule has 3 aromatic rings. The predicted octanol–water partition coefficient (Wildman–Crippen LogP) is 5.90. The minimum Gasteiger partial charge on any atom is -0.507 e. The summed E-state index contributed by atoms with van der Waals surface area (Å²) in [6.07, 6.45) is 1.61. The van der Waals surface area contributed by atoms with Crippen molar-refractivity contribution in [2.45, 2.75) is 32.7 Å². The van der Waals surface area contributed by atoms with Gasteiger partial charge in [-0.2, -0.15) is 0 Å². The Morgan fingerprint density at radius 2 is 1.78 bits per heavy atom. The zero-order chi connectivity index (χ0) is 23.0. The molecule has 4 rings (SSSR count). The summed E-state index contributed by atoms with van der Waals surface area (Å²) in [4.78, 5) is 32.2. The van der Waals surface area contributed by atoms with Gasteiger partial charge in [0.2, 0.25) is 0 Å². The number of rotatable bonds is 4. The number of Topliss-reactive ketones (excluding diaryl/α,β-unsaturated/α-hetero) is 1. The van der Waals surface area contributed by atoms with Gasteiger partial charge in [0.25, 0.3) is 11.7 Å². The molecule has 32 heavy (non-hydrogen) atoms. The third-order valence-corrected chi connectivity index (χ3v) is 6.57. The number of aliphatic hydroxyl groups excluding tert-OH is 1. The lowest BCUT2D eigenvalue weighted by Crippen LogP contribution is -2.29. The Hall–Kier alpha value is -3.25. The van der Waals surface area contributed by atoms with Gasteiger partial charge in [-0.1, -0.05) is 54.0 Å². The van der Waals surface area contributed by atoms with Crippen LogP contribution in [0.1, 0.15) is 48.2 Å². The molecule has 2 aromatic carbocycles. The number of aryl methyl sites for hydroxylation is 1. The number of carbonyl (C=O) groups is 2. The van der Waals surface area contributed by atoms with E-state index in [1.807, 2.05) is 31.2 Å². The van der Waals surface area contributed by atoms with E-state index in [1.165, 1.54) is 4.90 Å². The van der Waals surface area contributed by atoms with Crippen molar-refractivity contribution >= 4 is 39.1 Å². The maximum Gasteiger partial charge on any atom is 0.300 e. The van der Waals surface area contributed by atoms with Crippen LogP contribution in [-0.4, -0.2) is 21.8 Å². The van der Waals surface area contributed by atoms with Crippen LogP contribution in [0, 0.1) is 6.92 Å². The lowest BCUT2D eigenvalue weighted by Gasteiger charge is -2.25. The van der Waals surface area contributed by atoms with Gasteiger partial charge in [-0.15, -0.1) is 0 Å². The van der Waals surface area contributed by atoms with Gasteiger partial charge in [0, 0.05) is 21.9 Å². The second-order valence-corrected chi connectivity index (χ2v) is 8.99. The molecule has 1 aromatic heterocycles. The highest BCUT2D eigenvalue weighted by atomic mass is 79.9. The molecule has 6 heteroatoms. The van der Waals surface area contributed by atoms with E-state index < -0.39 is 17.7 Å². The molecule has 0 spiro atoms. The van der Waals surface area contributed by atoms with Crippen LogP contribution in [0.3, 0.4) is 0 Å². The van der Waals surface area contributed by atoms with Gasteiger partial charge in [0.15, 0.2) is 0 Å². The third kappa shape index (κ3) is 3.86. The van der Waals surface area contributed by atoms with E-state index in [0.717, 1.165) is 15.6 Å². The molecule has 1 aliphatic rings. The summed E-state index contributed by atoms with van der Waals surface area (Å²) >= 11 is 3.45. The fourth-order valence-corrected chi connectivity index (χ4v) is 4.13. The second-order valence-electron chi connectivity index (χ2n) is 8.13. The van der Waals surface area contributed by atoms with Crippen LogP contribution in [0.15, 0.2) is 76.9 Å². The van der Waals surface area contributed by atoms with Gasteiger partial charge in [-0.3, -0.25) is 19.5 Å². The van der Waals surface area contributed by atoms with Gasteiger partial charge in [0.05, 0.1) is 11.3 Å². The van der Waals surface area contributed by atoms with Crippen LogP contribution in [0.4, 0.5) is 5.69 Å². The molecular weight excluding hydrogens is 468 g/mol. The van der Waals surface area contributed by atoms with Crippen molar-refractivity contribution in [3.8, 4) is 0 Å². The van der Waals surface area contributed by atoms with E-state index in [1.54, 1.807) is 42.6 Å². The molecule has 5 nitrogen and oxygen atoms in total. The first-order chi connectivity index (χ1) is 15.3. The second kappa shape index (κ2) is 8.71. The van der Waals surface area contributed by atoms with Gasteiger partial charge in [0.1, 0.15) is 11.8 Å². The topological polar surface area (TPSA) is 70.5 Å². The number of hydrogen-bond acceptors (Lipinski definition) is 4. The van der Waals surface area contributed by atoms with Crippen LogP contribution >= 0.6 is 15.9 Å². The van der Waals surface area contributed by atoms with E-state index in [4.69, 9.17) is 0 Å². The van der Waals surface area contributed by atoms with Crippen molar-refractivity contribution in [3.05, 3.63) is 99.3 Å². The molecular formula is C26H23BrN2O3. The first kappa shape index (κ1) is 22.0. The smallest absolute Gasteiger partial charge is 0.300 e. The molecule has 1 fully saturated rings. The number of pyridine rings is 1. The summed E-state index contributed by atoms with van der Waals surface area (Å²) < 4.78 is 0.890. The van der Waals surface area contributed by atoms with E-state index in [9.17, 15) is 14.7 Å². The van der Waals surface area contributed by atoms with Crippen LogP contribution in [0.5, 0.6) is 0 Å². The number of hydrogen-bond donors (Lipinski definition) is 1. The molecule has 1 amide bonds. The van der Waals surface area contributed by atoms with E-state index in [-0.39, 0.29) is 11.3 Å². The maximum atomic E-state index is 13.2. The molecule has 1 saturated heterocycles. The average molecular weight is 491 g/mol. The maximum absolute atomic E-state index is 13.2. The Morgan fingerprint density at radius 3 is 2.38 bits per heavy atom. The molecule has 1 unspecified atom stereocenters. The van der Waals surface area contributed by atoms with Crippen molar-refractivity contribution in [1.82, 2.24) is 4.98 Å². The van der Waals surface area contributed by atoms with Crippen molar-refractivity contribution in [1.29, 1.82) is 0 Å². The summed E-state index contributed by atoms with van der Waals surface area (Å²) in [5.41, 5.74) is 3.63. The van der Waals surface area contributed by atoms with Crippen molar-refractivity contribution in [2.24, 2.45) is 0 Å². The van der Waals surface area contributed by atoms with E-state index >= 15 is 0 Å². The summed E-state index contributed by atoms with van der Waals surface area (Å²) in [7, 11) is 0. The highest BCUT2D eigenvalue weighted by Gasteiger charge is 2.47. The van der Waals surface area contributed by atoms with E-state index in [2.05, 4.69) is 34.8 Å².